The van der Waals surface area contributed by atoms with Gasteiger partial charge in [0.05, 0.1) is 0 Å². The lowest BCUT2D eigenvalue weighted by atomic mass is 10.3. The molecule has 1 atom stereocenters. The van der Waals surface area contributed by atoms with E-state index in [1.54, 1.807) is 0 Å². The van der Waals surface area contributed by atoms with E-state index in [4.69, 9.17) is 5.11 Å². The van der Waals surface area contributed by atoms with E-state index in [1.165, 1.54) is 5.56 Å². The predicted octanol–water partition coefficient (Wildman–Crippen LogP) is 2.09. The maximum Gasteiger partial charge on any atom is 0.0441 e. The normalized spacial score (nSPS) is 12.8. The molecule has 1 heterocycles. The standard InChI is InChI=1S/C10H15NOS/c1-9(4-7-12)13-8-10-2-5-11-6-3-10/h2-3,5-6,9,12H,4,7-8H2,1H3. The second-order valence-electron chi connectivity index (χ2n) is 2.99. The highest BCUT2D eigenvalue weighted by Gasteiger charge is 2.01. The summed E-state index contributed by atoms with van der Waals surface area (Å²) in [6, 6.07) is 4.05. The van der Waals surface area contributed by atoms with Crippen molar-refractivity contribution in [2.45, 2.75) is 24.3 Å². The van der Waals surface area contributed by atoms with Gasteiger partial charge in [-0.15, -0.1) is 0 Å². The number of aliphatic hydroxyl groups excluding tert-OH is 1. The molecule has 1 rings (SSSR count). The maximum absolute atomic E-state index is 8.71. The lowest BCUT2D eigenvalue weighted by molar-refractivity contribution is 0.289. The number of nitrogens with zero attached hydrogens (tertiary/aromatic N) is 1. The fraction of sp³-hybridized carbons (Fsp3) is 0.500. The molecule has 0 saturated heterocycles. The molecule has 0 amide bonds. The monoisotopic (exact) mass is 197 g/mol. The zero-order chi connectivity index (χ0) is 9.52. The van der Waals surface area contributed by atoms with E-state index in [-0.39, 0.29) is 6.61 Å². The Kier molecular flexibility index (Phi) is 4.86. The molecule has 1 unspecified atom stereocenters. The Hall–Kier alpha value is -0.540. The van der Waals surface area contributed by atoms with E-state index in [0.29, 0.717) is 5.25 Å². The summed E-state index contributed by atoms with van der Waals surface area (Å²) in [5.41, 5.74) is 1.30. The molecule has 13 heavy (non-hydrogen) atoms. The smallest absolute Gasteiger partial charge is 0.0441 e. The molecule has 0 bridgehead atoms. The summed E-state index contributed by atoms with van der Waals surface area (Å²) >= 11 is 1.87. The largest absolute Gasteiger partial charge is 0.396 e. The topological polar surface area (TPSA) is 33.1 Å². The van der Waals surface area contributed by atoms with Crippen molar-refractivity contribution in [2.24, 2.45) is 0 Å². The average Bonchev–Trinajstić information content (AvgIpc) is 2.17. The van der Waals surface area contributed by atoms with E-state index >= 15 is 0 Å². The lowest BCUT2D eigenvalue weighted by Gasteiger charge is -2.08. The van der Waals surface area contributed by atoms with Gasteiger partial charge in [-0.2, -0.15) is 11.8 Å². The highest BCUT2D eigenvalue weighted by atomic mass is 32.2. The highest BCUT2D eigenvalue weighted by molar-refractivity contribution is 7.99. The van der Waals surface area contributed by atoms with Gasteiger partial charge in [0.2, 0.25) is 0 Å². The second kappa shape index (κ2) is 6.00. The minimum absolute atomic E-state index is 0.282. The second-order valence-corrected chi connectivity index (χ2v) is 4.42. The fourth-order valence-corrected chi connectivity index (χ4v) is 1.92. The summed E-state index contributed by atoms with van der Waals surface area (Å²) in [4.78, 5) is 3.96. The molecular formula is C10H15NOS. The molecule has 0 aromatic carbocycles. The van der Waals surface area contributed by atoms with E-state index in [2.05, 4.69) is 11.9 Å². The van der Waals surface area contributed by atoms with Crippen molar-refractivity contribution in [2.75, 3.05) is 6.61 Å². The lowest BCUT2D eigenvalue weighted by Crippen LogP contribution is -1.99. The molecule has 3 heteroatoms. The van der Waals surface area contributed by atoms with Crippen LogP contribution in [0.4, 0.5) is 0 Å². The van der Waals surface area contributed by atoms with Crippen molar-refractivity contribution in [1.29, 1.82) is 0 Å². The SMILES string of the molecule is CC(CCO)SCc1ccncc1. The van der Waals surface area contributed by atoms with E-state index < -0.39 is 0 Å². The van der Waals surface area contributed by atoms with Crippen LogP contribution in [0.25, 0.3) is 0 Å². The average molecular weight is 197 g/mol. The summed E-state index contributed by atoms with van der Waals surface area (Å²) in [6.45, 7) is 2.42. The molecule has 2 nitrogen and oxygen atoms in total. The van der Waals surface area contributed by atoms with Crippen molar-refractivity contribution < 1.29 is 5.11 Å². The first-order chi connectivity index (χ1) is 6.33. The van der Waals surface area contributed by atoms with Crippen molar-refractivity contribution in [1.82, 2.24) is 4.98 Å². The van der Waals surface area contributed by atoms with Crippen LogP contribution >= 0.6 is 11.8 Å². The fourth-order valence-electron chi connectivity index (χ4n) is 0.983. The van der Waals surface area contributed by atoms with Crippen LogP contribution in [-0.2, 0) is 5.75 Å². The zero-order valence-electron chi connectivity index (χ0n) is 7.81. The molecule has 0 aliphatic carbocycles. The number of aliphatic hydroxyl groups is 1. The number of thioether (sulfide) groups is 1. The molecule has 0 saturated carbocycles. The van der Waals surface area contributed by atoms with Gasteiger partial charge in [0.1, 0.15) is 0 Å². The van der Waals surface area contributed by atoms with Gasteiger partial charge in [-0.3, -0.25) is 4.98 Å². The van der Waals surface area contributed by atoms with Gasteiger partial charge >= 0.3 is 0 Å². The van der Waals surface area contributed by atoms with Crippen LogP contribution in [-0.4, -0.2) is 21.9 Å². The predicted molar refractivity (Wildman–Crippen MR) is 56.7 cm³/mol. The third-order valence-electron chi connectivity index (χ3n) is 1.82. The van der Waals surface area contributed by atoms with Gasteiger partial charge in [-0.05, 0) is 24.1 Å². The molecule has 0 fully saturated rings. The summed E-state index contributed by atoms with van der Waals surface area (Å²) < 4.78 is 0. The van der Waals surface area contributed by atoms with Gasteiger partial charge in [-0.1, -0.05) is 6.92 Å². The Morgan fingerprint density at radius 2 is 2.15 bits per heavy atom. The third kappa shape index (κ3) is 4.29. The molecule has 1 N–H and O–H groups in total. The zero-order valence-corrected chi connectivity index (χ0v) is 8.63. The number of rotatable bonds is 5. The molecule has 1 aromatic rings. The van der Waals surface area contributed by atoms with Gasteiger partial charge < -0.3 is 5.11 Å². The number of pyridine rings is 1. The third-order valence-corrected chi connectivity index (χ3v) is 3.12. The molecule has 72 valence electrons. The van der Waals surface area contributed by atoms with Gasteiger partial charge in [0.25, 0.3) is 0 Å². The summed E-state index contributed by atoms with van der Waals surface area (Å²) in [6.07, 6.45) is 4.49. The Morgan fingerprint density at radius 3 is 2.77 bits per heavy atom. The number of aromatic nitrogens is 1. The van der Waals surface area contributed by atoms with Crippen LogP contribution in [0.1, 0.15) is 18.9 Å². The van der Waals surface area contributed by atoms with E-state index in [0.717, 1.165) is 12.2 Å². The van der Waals surface area contributed by atoms with Gasteiger partial charge in [0.15, 0.2) is 0 Å². The van der Waals surface area contributed by atoms with Crippen LogP contribution in [0.2, 0.25) is 0 Å². The summed E-state index contributed by atoms with van der Waals surface area (Å²) in [5, 5.41) is 9.24. The van der Waals surface area contributed by atoms with Gasteiger partial charge in [0, 0.05) is 30.0 Å². The minimum Gasteiger partial charge on any atom is -0.396 e. The van der Waals surface area contributed by atoms with E-state index in [1.807, 2.05) is 36.3 Å². The molecule has 1 aromatic heterocycles. The van der Waals surface area contributed by atoms with Crippen LogP contribution < -0.4 is 0 Å². The first-order valence-electron chi connectivity index (χ1n) is 4.44. The Bertz CT molecular complexity index is 228. The number of hydrogen-bond donors (Lipinski definition) is 1. The van der Waals surface area contributed by atoms with Crippen molar-refractivity contribution in [3.8, 4) is 0 Å². The maximum atomic E-state index is 8.71. The molecule has 0 aliphatic rings. The molecular weight excluding hydrogens is 182 g/mol. The molecule has 0 spiro atoms. The van der Waals surface area contributed by atoms with Crippen LogP contribution in [0.15, 0.2) is 24.5 Å². The van der Waals surface area contributed by atoms with Crippen LogP contribution in [0.3, 0.4) is 0 Å². The van der Waals surface area contributed by atoms with Crippen LogP contribution in [0, 0.1) is 0 Å². The summed E-state index contributed by atoms with van der Waals surface area (Å²) in [7, 11) is 0. The van der Waals surface area contributed by atoms with Crippen molar-refractivity contribution in [3.05, 3.63) is 30.1 Å². The molecule has 0 radical (unpaired) electrons. The quantitative estimate of drug-likeness (QED) is 0.784. The number of hydrogen-bond acceptors (Lipinski definition) is 3. The van der Waals surface area contributed by atoms with Crippen molar-refractivity contribution >= 4 is 11.8 Å². The Morgan fingerprint density at radius 1 is 1.46 bits per heavy atom. The Balaban J connectivity index is 2.27. The molecule has 0 aliphatic heterocycles. The highest BCUT2D eigenvalue weighted by Crippen LogP contribution is 2.18. The van der Waals surface area contributed by atoms with E-state index in [9.17, 15) is 0 Å². The Labute approximate surface area is 83.4 Å². The minimum atomic E-state index is 0.282. The van der Waals surface area contributed by atoms with Crippen LogP contribution in [0.5, 0.6) is 0 Å². The first kappa shape index (κ1) is 10.5. The summed E-state index contributed by atoms with van der Waals surface area (Å²) in [5.74, 6) is 1.00. The van der Waals surface area contributed by atoms with Gasteiger partial charge in [-0.25, -0.2) is 0 Å². The first-order valence-corrected chi connectivity index (χ1v) is 5.49. The van der Waals surface area contributed by atoms with Crippen molar-refractivity contribution in [3.63, 3.8) is 0 Å².